The third-order valence-corrected chi connectivity index (χ3v) is 4.80. The van der Waals surface area contributed by atoms with Crippen LogP contribution in [0.3, 0.4) is 0 Å². The molecule has 0 amide bonds. The van der Waals surface area contributed by atoms with E-state index in [0.717, 1.165) is 49.1 Å². The fourth-order valence-electron chi connectivity index (χ4n) is 2.83. The molecule has 1 N–H and O–H groups in total. The Hall–Kier alpha value is -1.15. The second kappa shape index (κ2) is 8.63. The minimum absolute atomic E-state index is 0. The average molecular weight is 442 g/mol. The Morgan fingerprint density at radius 2 is 2.13 bits per heavy atom. The summed E-state index contributed by atoms with van der Waals surface area (Å²) in [4.78, 5) is 11.3. The van der Waals surface area contributed by atoms with Crippen molar-refractivity contribution in [2.75, 3.05) is 20.1 Å². The molecule has 0 aliphatic carbocycles. The first-order chi connectivity index (χ1) is 10.8. The molecule has 0 spiro atoms. The summed E-state index contributed by atoms with van der Waals surface area (Å²) in [6.45, 7) is 4.87. The van der Waals surface area contributed by atoms with Crippen molar-refractivity contribution in [2.24, 2.45) is 4.99 Å². The predicted octanol–water partition coefficient (Wildman–Crippen LogP) is 3.25. The van der Waals surface area contributed by atoms with Gasteiger partial charge >= 0.3 is 0 Å². The van der Waals surface area contributed by atoms with Crippen LogP contribution in [-0.4, -0.2) is 36.0 Å². The molecule has 0 radical (unpaired) electrons. The van der Waals surface area contributed by atoms with Gasteiger partial charge in [-0.05, 0) is 24.5 Å². The van der Waals surface area contributed by atoms with Crippen molar-refractivity contribution in [1.29, 1.82) is 0 Å². The molecule has 124 valence electrons. The number of fused-ring (bicyclic) bond motifs is 1. The van der Waals surface area contributed by atoms with Crippen molar-refractivity contribution in [3.05, 3.63) is 51.5 Å². The maximum Gasteiger partial charge on any atom is 0.193 e. The average Bonchev–Trinajstić information content (AvgIpc) is 2.96. The maximum atomic E-state index is 4.50. The van der Waals surface area contributed by atoms with E-state index in [0.29, 0.717) is 0 Å². The number of aromatic nitrogens is 1. The summed E-state index contributed by atoms with van der Waals surface area (Å²) in [6, 6.07) is 8.68. The molecular formula is C17H23IN4S. The highest BCUT2D eigenvalue weighted by Gasteiger charge is 2.18. The molecule has 3 rings (SSSR count). The summed E-state index contributed by atoms with van der Waals surface area (Å²) in [5.41, 5.74) is 4.04. The number of hydrogen-bond acceptors (Lipinski definition) is 3. The van der Waals surface area contributed by atoms with Crippen LogP contribution in [0.5, 0.6) is 0 Å². The molecule has 0 fully saturated rings. The molecule has 0 bridgehead atoms. The zero-order valence-electron chi connectivity index (χ0n) is 13.6. The zero-order chi connectivity index (χ0) is 15.4. The molecule has 0 unspecified atom stereocenters. The van der Waals surface area contributed by atoms with Crippen molar-refractivity contribution < 1.29 is 0 Å². The van der Waals surface area contributed by atoms with E-state index >= 15 is 0 Å². The summed E-state index contributed by atoms with van der Waals surface area (Å²) in [7, 11) is 1.86. The van der Waals surface area contributed by atoms with Gasteiger partial charge in [-0.1, -0.05) is 24.3 Å². The molecule has 0 saturated heterocycles. The van der Waals surface area contributed by atoms with E-state index in [-0.39, 0.29) is 24.0 Å². The van der Waals surface area contributed by atoms with Gasteiger partial charge in [0.05, 0.1) is 10.7 Å². The van der Waals surface area contributed by atoms with Gasteiger partial charge in [-0.15, -0.1) is 35.3 Å². The molecular weight excluding hydrogens is 419 g/mol. The summed E-state index contributed by atoms with van der Waals surface area (Å²) < 4.78 is 0. The van der Waals surface area contributed by atoms with Crippen LogP contribution in [0.2, 0.25) is 0 Å². The Bertz CT molecular complexity index is 668. The standard InChI is InChI=1S/C17H22N4S.HI/c1-13-20-16(12-22-13)7-9-19-17(18-2)21-10-8-14-5-3-4-6-15(14)11-21;/h3-6,12H,7-11H2,1-2H3,(H,18,19);1H. The lowest BCUT2D eigenvalue weighted by atomic mass is 10.0. The Kier molecular flexibility index (Phi) is 6.83. The molecule has 1 aliphatic rings. The summed E-state index contributed by atoms with van der Waals surface area (Å²) in [5.74, 6) is 0.987. The number of benzene rings is 1. The number of nitrogens with zero attached hydrogens (tertiary/aromatic N) is 3. The van der Waals surface area contributed by atoms with Gasteiger partial charge in [0.15, 0.2) is 5.96 Å². The van der Waals surface area contributed by atoms with Crippen LogP contribution < -0.4 is 5.32 Å². The minimum Gasteiger partial charge on any atom is -0.356 e. The van der Waals surface area contributed by atoms with Crippen molar-refractivity contribution >= 4 is 41.3 Å². The lowest BCUT2D eigenvalue weighted by Gasteiger charge is -2.31. The molecule has 6 heteroatoms. The van der Waals surface area contributed by atoms with Crippen molar-refractivity contribution in [3.63, 3.8) is 0 Å². The van der Waals surface area contributed by atoms with E-state index in [1.165, 1.54) is 11.1 Å². The van der Waals surface area contributed by atoms with Crippen LogP contribution >= 0.6 is 35.3 Å². The van der Waals surface area contributed by atoms with Crippen LogP contribution in [0.15, 0.2) is 34.6 Å². The SMILES string of the molecule is CN=C(NCCc1csc(C)n1)N1CCc2ccccc2C1.I. The topological polar surface area (TPSA) is 40.5 Å². The van der Waals surface area contributed by atoms with E-state index in [1.807, 2.05) is 14.0 Å². The summed E-state index contributed by atoms with van der Waals surface area (Å²) in [6.07, 6.45) is 2.02. The Balaban J connectivity index is 0.00000192. The highest BCUT2D eigenvalue weighted by molar-refractivity contribution is 14.0. The third-order valence-electron chi connectivity index (χ3n) is 3.97. The van der Waals surface area contributed by atoms with Gasteiger partial charge in [-0.3, -0.25) is 4.99 Å². The lowest BCUT2D eigenvalue weighted by Crippen LogP contribution is -2.44. The molecule has 2 heterocycles. The van der Waals surface area contributed by atoms with E-state index in [2.05, 4.69) is 49.8 Å². The molecule has 0 saturated carbocycles. The van der Waals surface area contributed by atoms with Gasteiger partial charge < -0.3 is 10.2 Å². The van der Waals surface area contributed by atoms with Gasteiger partial charge in [0, 0.05) is 38.5 Å². The van der Waals surface area contributed by atoms with Crippen LogP contribution in [0.1, 0.15) is 21.8 Å². The van der Waals surface area contributed by atoms with E-state index in [4.69, 9.17) is 0 Å². The first kappa shape index (κ1) is 18.2. The molecule has 1 aromatic carbocycles. The van der Waals surface area contributed by atoms with Crippen LogP contribution in [0, 0.1) is 6.92 Å². The fourth-order valence-corrected chi connectivity index (χ4v) is 3.48. The minimum atomic E-state index is 0. The number of nitrogens with one attached hydrogen (secondary N) is 1. The number of guanidine groups is 1. The van der Waals surface area contributed by atoms with Gasteiger partial charge in [-0.2, -0.15) is 0 Å². The van der Waals surface area contributed by atoms with Crippen molar-refractivity contribution in [2.45, 2.75) is 26.3 Å². The smallest absolute Gasteiger partial charge is 0.193 e. The van der Waals surface area contributed by atoms with E-state index < -0.39 is 0 Å². The van der Waals surface area contributed by atoms with Crippen molar-refractivity contribution in [1.82, 2.24) is 15.2 Å². The second-order valence-corrected chi connectivity index (χ2v) is 6.58. The predicted molar refractivity (Wildman–Crippen MR) is 108 cm³/mol. The molecule has 23 heavy (non-hydrogen) atoms. The van der Waals surface area contributed by atoms with Gasteiger partial charge in [0.1, 0.15) is 0 Å². The number of thiazole rings is 1. The van der Waals surface area contributed by atoms with Gasteiger partial charge in [0.2, 0.25) is 0 Å². The number of aliphatic imine (C=N–C) groups is 1. The first-order valence-electron chi connectivity index (χ1n) is 7.69. The molecule has 1 aliphatic heterocycles. The van der Waals surface area contributed by atoms with Crippen LogP contribution in [0.25, 0.3) is 0 Å². The zero-order valence-corrected chi connectivity index (χ0v) is 16.7. The Morgan fingerprint density at radius 1 is 1.35 bits per heavy atom. The van der Waals surface area contributed by atoms with Crippen LogP contribution in [0.4, 0.5) is 0 Å². The summed E-state index contributed by atoms with van der Waals surface area (Å²) >= 11 is 1.71. The number of halogens is 1. The fraction of sp³-hybridized carbons (Fsp3) is 0.412. The number of aryl methyl sites for hydroxylation is 1. The van der Waals surface area contributed by atoms with Gasteiger partial charge in [-0.25, -0.2) is 4.98 Å². The monoisotopic (exact) mass is 442 g/mol. The molecule has 4 nitrogen and oxygen atoms in total. The van der Waals surface area contributed by atoms with Gasteiger partial charge in [0.25, 0.3) is 0 Å². The molecule has 1 aromatic heterocycles. The normalized spacial score (nSPS) is 14.2. The Morgan fingerprint density at radius 3 is 2.83 bits per heavy atom. The second-order valence-electron chi connectivity index (χ2n) is 5.52. The third kappa shape index (κ3) is 4.67. The molecule has 2 aromatic rings. The first-order valence-corrected chi connectivity index (χ1v) is 8.57. The highest BCUT2D eigenvalue weighted by atomic mass is 127. The number of rotatable bonds is 3. The molecule has 0 atom stereocenters. The van der Waals surface area contributed by atoms with E-state index in [1.54, 1.807) is 11.3 Å². The lowest BCUT2D eigenvalue weighted by molar-refractivity contribution is 0.379. The maximum absolute atomic E-state index is 4.50. The largest absolute Gasteiger partial charge is 0.356 e. The Labute approximate surface area is 159 Å². The summed E-state index contributed by atoms with van der Waals surface area (Å²) in [5, 5.41) is 6.74. The van der Waals surface area contributed by atoms with E-state index in [9.17, 15) is 0 Å². The quantitative estimate of drug-likeness (QED) is 0.451. The number of hydrogen-bond donors (Lipinski definition) is 1. The van der Waals surface area contributed by atoms with Crippen LogP contribution in [-0.2, 0) is 19.4 Å². The highest BCUT2D eigenvalue weighted by Crippen LogP contribution is 2.18. The van der Waals surface area contributed by atoms with Crippen molar-refractivity contribution in [3.8, 4) is 0 Å².